The molecule has 0 bridgehead atoms. The van der Waals surface area contributed by atoms with E-state index in [-0.39, 0.29) is 30.8 Å². The van der Waals surface area contributed by atoms with Crippen LogP contribution in [-0.2, 0) is 22.6 Å². The lowest BCUT2D eigenvalue weighted by molar-refractivity contribution is -0.133. The molecule has 174 valence electrons. The highest BCUT2D eigenvalue weighted by atomic mass is 32.1. The molecule has 0 spiro atoms. The fourth-order valence-corrected chi connectivity index (χ4v) is 3.98. The Hall–Kier alpha value is -3.23. The zero-order valence-corrected chi connectivity index (χ0v) is 19.6. The van der Waals surface area contributed by atoms with E-state index in [4.69, 9.17) is 4.74 Å². The largest absolute Gasteiger partial charge is 0.383 e. The van der Waals surface area contributed by atoms with Crippen LogP contribution in [0, 0.1) is 12.7 Å². The third kappa shape index (κ3) is 7.40. The van der Waals surface area contributed by atoms with Crippen LogP contribution in [0.15, 0.2) is 66.0 Å². The summed E-state index contributed by atoms with van der Waals surface area (Å²) in [4.78, 5) is 30.5. The van der Waals surface area contributed by atoms with Crippen molar-refractivity contribution in [2.75, 3.05) is 32.1 Å². The summed E-state index contributed by atoms with van der Waals surface area (Å²) in [5, 5.41) is 4.84. The number of ether oxygens (including phenoxy) is 1. The Morgan fingerprint density at radius 1 is 1.00 bits per heavy atom. The number of aryl methyl sites for hydroxylation is 1. The lowest BCUT2D eigenvalue weighted by Gasteiger charge is -2.28. The number of carbonyl (C=O) groups excluding carboxylic acids is 2. The quantitative estimate of drug-likeness (QED) is 0.459. The van der Waals surface area contributed by atoms with Crippen LogP contribution in [-0.4, -0.2) is 48.5 Å². The van der Waals surface area contributed by atoms with E-state index in [2.05, 4.69) is 5.32 Å². The predicted octanol–water partition coefficient (Wildman–Crippen LogP) is 4.90. The molecule has 1 heterocycles. The van der Waals surface area contributed by atoms with Gasteiger partial charge in [0.05, 0.1) is 13.2 Å². The third-order valence-corrected chi connectivity index (χ3v) is 5.99. The number of benzene rings is 2. The number of rotatable bonds is 10. The van der Waals surface area contributed by atoms with Gasteiger partial charge in [0.15, 0.2) is 0 Å². The summed E-state index contributed by atoms with van der Waals surface area (Å²) >= 11 is 1.56. The Labute approximate surface area is 197 Å². The second-order valence-corrected chi connectivity index (χ2v) is 8.65. The fraction of sp³-hybridized carbons (Fsp3) is 0.280. The zero-order chi connectivity index (χ0) is 23.6. The van der Waals surface area contributed by atoms with Gasteiger partial charge in [-0.15, -0.1) is 11.3 Å². The number of urea groups is 1. The van der Waals surface area contributed by atoms with Gasteiger partial charge in [0, 0.05) is 30.8 Å². The minimum atomic E-state index is -0.368. The third-order valence-electron chi connectivity index (χ3n) is 5.13. The number of carbonyl (C=O) groups is 2. The molecule has 8 heteroatoms. The summed E-state index contributed by atoms with van der Waals surface area (Å²) in [5.41, 5.74) is 2.44. The van der Waals surface area contributed by atoms with Gasteiger partial charge in [-0.25, -0.2) is 9.18 Å². The molecule has 1 N–H and O–H groups in total. The van der Waals surface area contributed by atoms with E-state index in [1.807, 2.05) is 48.7 Å². The Bertz CT molecular complexity index is 1040. The standard InChI is InChI=1S/C25H28FN3O3S/c1-19-6-3-4-8-23(19)27-25(31)28(13-14-32-2)18-24(30)29(17-22-7-5-15-33-22)16-20-9-11-21(26)12-10-20/h3-12,15H,13-14,16-18H2,1-2H3,(H,27,31). The van der Waals surface area contributed by atoms with Crippen molar-refractivity contribution in [1.29, 1.82) is 0 Å². The molecule has 0 aliphatic rings. The summed E-state index contributed by atoms with van der Waals surface area (Å²) in [6.07, 6.45) is 0. The molecule has 33 heavy (non-hydrogen) atoms. The van der Waals surface area contributed by atoms with Gasteiger partial charge in [-0.2, -0.15) is 0 Å². The van der Waals surface area contributed by atoms with Crippen LogP contribution in [0.5, 0.6) is 0 Å². The normalized spacial score (nSPS) is 10.6. The van der Waals surface area contributed by atoms with Crippen LogP contribution in [0.3, 0.4) is 0 Å². The molecule has 3 aromatic rings. The van der Waals surface area contributed by atoms with E-state index in [1.165, 1.54) is 17.0 Å². The topological polar surface area (TPSA) is 61.9 Å². The van der Waals surface area contributed by atoms with Gasteiger partial charge in [0.1, 0.15) is 12.4 Å². The first-order valence-corrected chi connectivity index (χ1v) is 11.5. The molecule has 0 fully saturated rings. The van der Waals surface area contributed by atoms with E-state index >= 15 is 0 Å². The molecule has 0 saturated heterocycles. The van der Waals surface area contributed by atoms with E-state index in [9.17, 15) is 14.0 Å². The monoisotopic (exact) mass is 469 g/mol. The summed E-state index contributed by atoms with van der Waals surface area (Å²) in [6.45, 7) is 3.10. The first-order valence-electron chi connectivity index (χ1n) is 10.6. The number of amides is 3. The molecular weight excluding hydrogens is 441 g/mol. The molecule has 0 aliphatic carbocycles. The van der Waals surface area contributed by atoms with Crippen molar-refractivity contribution < 1.29 is 18.7 Å². The van der Waals surface area contributed by atoms with Gasteiger partial charge in [-0.1, -0.05) is 36.4 Å². The molecule has 6 nitrogen and oxygen atoms in total. The van der Waals surface area contributed by atoms with Gasteiger partial charge in [0.25, 0.3) is 0 Å². The summed E-state index contributed by atoms with van der Waals surface area (Å²) in [5.74, 6) is -0.530. The Morgan fingerprint density at radius 3 is 2.42 bits per heavy atom. The summed E-state index contributed by atoms with van der Waals surface area (Å²) in [6, 6.07) is 17.1. The highest BCUT2D eigenvalue weighted by molar-refractivity contribution is 7.09. The van der Waals surface area contributed by atoms with Crippen molar-refractivity contribution in [2.24, 2.45) is 0 Å². The maximum absolute atomic E-state index is 13.3. The van der Waals surface area contributed by atoms with Gasteiger partial charge in [0.2, 0.25) is 5.91 Å². The highest BCUT2D eigenvalue weighted by Crippen LogP contribution is 2.17. The molecule has 2 aromatic carbocycles. The van der Waals surface area contributed by atoms with Crippen molar-refractivity contribution in [1.82, 2.24) is 9.80 Å². The van der Waals surface area contributed by atoms with E-state index in [0.29, 0.717) is 25.4 Å². The molecule has 3 rings (SSSR count). The summed E-state index contributed by atoms with van der Waals surface area (Å²) in [7, 11) is 1.55. The van der Waals surface area contributed by atoms with Crippen LogP contribution in [0.4, 0.5) is 14.9 Å². The van der Waals surface area contributed by atoms with Crippen molar-refractivity contribution >= 4 is 29.0 Å². The predicted molar refractivity (Wildman–Crippen MR) is 129 cm³/mol. The highest BCUT2D eigenvalue weighted by Gasteiger charge is 2.22. The Kier molecular flexibility index (Phi) is 8.97. The molecule has 0 atom stereocenters. The fourth-order valence-electron chi connectivity index (χ4n) is 3.26. The molecular formula is C25H28FN3O3S. The number of methoxy groups -OCH3 is 1. The average Bonchev–Trinajstić information content (AvgIpc) is 3.32. The smallest absolute Gasteiger partial charge is 0.322 e. The van der Waals surface area contributed by atoms with Crippen LogP contribution >= 0.6 is 11.3 Å². The van der Waals surface area contributed by atoms with Crippen molar-refractivity contribution in [3.63, 3.8) is 0 Å². The number of thiophene rings is 1. The second kappa shape index (κ2) is 12.1. The van der Waals surface area contributed by atoms with Crippen molar-refractivity contribution in [2.45, 2.75) is 20.0 Å². The minimum Gasteiger partial charge on any atom is -0.383 e. The van der Waals surface area contributed by atoms with Crippen molar-refractivity contribution in [3.05, 3.63) is 87.9 Å². The number of halogens is 1. The van der Waals surface area contributed by atoms with Crippen LogP contribution in [0.25, 0.3) is 0 Å². The maximum Gasteiger partial charge on any atom is 0.322 e. The van der Waals surface area contributed by atoms with E-state index in [0.717, 1.165) is 16.0 Å². The number of hydrogen-bond donors (Lipinski definition) is 1. The first kappa shape index (κ1) is 24.4. The number of hydrogen-bond acceptors (Lipinski definition) is 4. The van der Waals surface area contributed by atoms with Gasteiger partial charge < -0.3 is 19.9 Å². The Morgan fingerprint density at radius 2 is 1.76 bits per heavy atom. The first-order chi connectivity index (χ1) is 16.0. The van der Waals surface area contributed by atoms with E-state index in [1.54, 1.807) is 35.5 Å². The van der Waals surface area contributed by atoms with Gasteiger partial charge >= 0.3 is 6.03 Å². The lowest BCUT2D eigenvalue weighted by atomic mass is 10.2. The van der Waals surface area contributed by atoms with Crippen molar-refractivity contribution in [3.8, 4) is 0 Å². The number of nitrogens with zero attached hydrogens (tertiary/aromatic N) is 2. The molecule has 0 radical (unpaired) electrons. The molecule has 0 unspecified atom stereocenters. The van der Waals surface area contributed by atoms with Crippen LogP contribution < -0.4 is 5.32 Å². The molecule has 0 saturated carbocycles. The number of nitrogens with one attached hydrogen (secondary N) is 1. The lowest BCUT2D eigenvalue weighted by Crippen LogP contribution is -2.45. The number of anilines is 1. The Balaban J connectivity index is 1.75. The molecule has 0 aliphatic heterocycles. The summed E-state index contributed by atoms with van der Waals surface area (Å²) < 4.78 is 18.5. The SMILES string of the molecule is COCCN(CC(=O)N(Cc1ccc(F)cc1)Cc1cccs1)C(=O)Nc1ccccc1C. The molecule has 3 amide bonds. The zero-order valence-electron chi connectivity index (χ0n) is 18.8. The van der Waals surface area contributed by atoms with Gasteiger partial charge in [-0.05, 0) is 47.7 Å². The number of para-hydroxylation sites is 1. The molecule has 1 aromatic heterocycles. The maximum atomic E-state index is 13.3. The van der Waals surface area contributed by atoms with Crippen LogP contribution in [0.1, 0.15) is 16.0 Å². The van der Waals surface area contributed by atoms with E-state index < -0.39 is 0 Å². The van der Waals surface area contributed by atoms with Crippen LogP contribution in [0.2, 0.25) is 0 Å². The minimum absolute atomic E-state index is 0.104. The van der Waals surface area contributed by atoms with Gasteiger partial charge in [-0.3, -0.25) is 4.79 Å². The average molecular weight is 470 g/mol. The second-order valence-electron chi connectivity index (χ2n) is 7.62.